The Kier molecular flexibility index (Phi) is 10.6. The van der Waals surface area contributed by atoms with Crippen LogP contribution in [-0.2, 0) is 9.59 Å². The van der Waals surface area contributed by atoms with Crippen molar-refractivity contribution in [1.29, 1.82) is 0 Å². The zero-order valence-electron chi connectivity index (χ0n) is 24.4. The van der Waals surface area contributed by atoms with Crippen molar-refractivity contribution in [3.05, 3.63) is 119 Å². The lowest BCUT2D eigenvalue weighted by atomic mass is 10.1. The predicted molar refractivity (Wildman–Crippen MR) is 172 cm³/mol. The fourth-order valence-corrected chi connectivity index (χ4v) is 4.96. The molecule has 0 spiro atoms. The third kappa shape index (κ3) is 8.27. The average molecular weight is 596 g/mol. The Morgan fingerprint density at radius 2 is 1.56 bits per heavy atom. The van der Waals surface area contributed by atoms with Gasteiger partial charge in [0.15, 0.2) is 11.5 Å². The van der Waals surface area contributed by atoms with E-state index >= 15 is 0 Å². The highest BCUT2D eigenvalue weighted by Gasteiger charge is 2.18. The molecule has 0 bridgehead atoms. The standard InChI is InChI=1S/C34H33N3O5S/c1-22-11-8-17-28(23(22)2)36-31(38)21-43-27-16-10-15-26(20-27)35-34(40)29(37-33(39)24-12-6-5-7-13-24)19-25-14-9-18-30(41-3)32(25)42-4/h5-20H,21H2,1-4H3,(H,35,40)(H,36,38)(H,37,39)/b29-19+. The molecule has 4 aromatic carbocycles. The molecular formula is C34H33N3O5S. The van der Waals surface area contributed by atoms with Crippen molar-refractivity contribution >= 4 is 46.9 Å². The molecular weight excluding hydrogens is 562 g/mol. The Balaban J connectivity index is 1.52. The molecule has 0 atom stereocenters. The lowest BCUT2D eigenvalue weighted by Crippen LogP contribution is -2.30. The van der Waals surface area contributed by atoms with Crippen LogP contribution in [0.5, 0.6) is 11.5 Å². The molecule has 0 unspecified atom stereocenters. The molecule has 0 aromatic heterocycles. The van der Waals surface area contributed by atoms with Crippen molar-refractivity contribution in [2.45, 2.75) is 18.7 Å². The highest BCUT2D eigenvalue weighted by molar-refractivity contribution is 8.00. The van der Waals surface area contributed by atoms with Crippen molar-refractivity contribution in [2.24, 2.45) is 0 Å². The molecule has 3 amide bonds. The molecule has 0 aliphatic carbocycles. The number of carbonyl (C=O) groups excluding carboxylic acids is 3. The van der Waals surface area contributed by atoms with Gasteiger partial charge in [0, 0.05) is 27.4 Å². The number of aryl methyl sites for hydroxylation is 1. The monoisotopic (exact) mass is 595 g/mol. The highest BCUT2D eigenvalue weighted by atomic mass is 32.2. The van der Waals surface area contributed by atoms with Crippen molar-refractivity contribution in [3.8, 4) is 11.5 Å². The Labute approximate surface area is 255 Å². The normalized spacial score (nSPS) is 10.9. The van der Waals surface area contributed by atoms with Crippen molar-refractivity contribution in [1.82, 2.24) is 5.32 Å². The number of ether oxygens (including phenoxy) is 2. The number of methoxy groups -OCH3 is 2. The van der Waals surface area contributed by atoms with E-state index in [-0.39, 0.29) is 17.4 Å². The number of para-hydroxylation sites is 1. The molecule has 0 saturated carbocycles. The van der Waals surface area contributed by atoms with Gasteiger partial charge in [-0.3, -0.25) is 14.4 Å². The number of benzene rings is 4. The van der Waals surface area contributed by atoms with E-state index in [9.17, 15) is 14.4 Å². The first-order valence-corrected chi connectivity index (χ1v) is 14.5. The third-order valence-corrected chi connectivity index (χ3v) is 7.60. The number of nitrogens with one attached hydrogen (secondary N) is 3. The molecule has 220 valence electrons. The van der Waals surface area contributed by atoms with E-state index in [2.05, 4.69) is 16.0 Å². The largest absolute Gasteiger partial charge is 0.493 e. The van der Waals surface area contributed by atoms with Gasteiger partial charge in [-0.15, -0.1) is 11.8 Å². The first kappa shape index (κ1) is 30.9. The Morgan fingerprint density at radius 3 is 2.30 bits per heavy atom. The van der Waals surface area contributed by atoms with Gasteiger partial charge in [-0.1, -0.05) is 48.5 Å². The van der Waals surface area contributed by atoms with Gasteiger partial charge >= 0.3 is 0 Å². The summed E-state index contributed by atoms with van der Waals surface area (Å²) in [5, 5.41) is 8.55. The smallest absolute Gasteiger partial charge is 0.272 e. The second kappa shape index (κ2) is 14.7. The fourth-order valence-electron chi connectivity index (χ4n) is 4.21. The Bertz CT molecular complexity index is 1650. The number of thioether (sulfide) groups is 1. The second-order valence-corrected chi connectivity index (χ2v) is 10.6. The van der Waals surface area contributed by atoms with E-state index < -0.39 is 11.8 Å². The molecule has 0 aliphatic rings. The summed E-state index contributed by atoms with van der Waals surface area (Å²) in [7, 11) is 3.03. The van der Waals surface area contributed by atoms with E-state index in [4.69, 9.17) is 9.47 Å². The molecule has 0 fully saturated rings. The Hall–Kier alpha value is -5.02. The number of rotatable bonds is 11. The van der Waals surface area contributed by atoms with E-state index in [1.165, 1.54) is 32.1 Å². The molecule has 0 aliphatic heterocycles. The number of carbonyl (C=O) groups is 3. The topological polar surface area (TPSA) is 106 Å². The van der Waals surface area contributed by atoms with Gasteiger partial charge in [0.1, 0.15) is 5.70 Å². The molecule has 4 aromatic rings. The summed E-state index contributed by atoms with van der Waals surface area (Å²) in [4.78, 5) is 40.0. The van der Waals surface area contributed by atoms with E-state index in [1.807, 2.05) is 38.1 Å². The van der Waals surface area contributed by atoms with Gasteiger partial charge in [-0.25, -0.2) is 0 Å². The Morgan fingerprint density at radius 1 is 0.814 bits per heavy atom. The van der Waals surface area contributed by atoms with Crippen LogP contribution < -0.4 is 25.4 Å². The summed E-state index contributed by atoms with van der Waals surface area (Å²) >= 11 is 1.35. The van der Waals surface area contributed by atoms with Crippen LogP contribution in [0.1, 0.15) is 27.0 Å². The van der Waals surface area contributed by atoms with Crippen LogP contribution in [0.25, 0.3) is 6.08 Å². The first-order valence-electron chi connectivity index (χ1n) is 13.5. The van der Waals surface area contributed by atoms with E-state index in [0.717, 1.165) is 21.7 Å². The zero-order valence-corrected chi connectivity index (χ0v) is 25.2. The van der Waals surface area contributed by atoms with Gasteiger partial charge in [-0.05, 0) is 73.5 Å². The predicted octanol–water partition coefficient (Wildman–Crippen LogP) is 6.46. The van der Waals surface area contributed by atoms with Gasteiger partial charge < -0.3 is 25.4 Å². The summed E-state index contributed by atoms with van der Waals surface area (Å²) in [6.45, 7) is 3.97. The maximum atomic E-state index is 13.5. The highest BCUT2D eigenvalue weighted by Crippen LogP contribution is 2.32. The molecule has 0 saturated heterocycles. The van der Waals surface area contributed by atoms with Gasteiger partial charge in [0.25, 0.3) is 11.8 Å². The van der Waals surface area contributed by atoms with Gasteiger partial charge in [0.2, 0.25) is 5.91 Å². The maximum absolute atomic E-state index is 13.5. The van der Waals surface area contributed by atoms with Crippen LogP contribution in [0, 0.1) is 13.8 Å². The van der Waals surface area contributed by atoms with E-state index in [1.54, 1.807) is 66.7 Å². The first-order chi connectivity index (χ1) is 20.8. The number of hydrogen-bond donors (Lipinski definition) is 3. The van der Waals surface area contributed by atoms with Crippen LogP contribution in [0.4, 0.5) is 11.4 Å². The maximum Gasteiger partial charge on any atom is 0.272 e. The molecule has 43 heavy (non-hydrogen) atoms. The lowest BCUT2D eigenvalue weighted by molar-refractivity contribution is -0.114. The zero-order chi connectivity index (χ0) is 30.8. The third-order valence-electron chi connectivity index (χ3n) is 6.60. The van der Waals surface area contributed by atoms with Gasteiger partial charge in [-0.2, -0.15) is 0 Å². The fraction of sp³-hybridized carbons (Fsp3) is 0.147. The second-order valence-electron chi connectivity index (χ2n) is 9.53. The summed E-state index contributed by atoms with van der Waals surface area (Å²) in [6, 6.07) is 26.8. The van der Waals surface area contributed by atoms with Crippen molar-refractivity contribution < 1.29 is 23.9 Å². The minimum Gasteiger partial charge on any atom is -0.493 e. The summed E-state index contributed by atoms with van der Waals surface area (Å²) < 4.78 is 10.9. The van der Waals surface area contributed by atoms with E-state index in [0.29, 0.717) is 28.3 Å². The summed E-state index contributed by atoms with van der Waals surface area (Å²) in [5.41, 5.74) is 4.37. The minimum atomic E-state index is -0.538. The molecule has 4 rings (SSSR count). The molecule has 0 heterocycles. The minimum absolute atomic E-state index is 0.00589. The van der Waals surface area contributed by atoms with Crippen molar-refractivity contribution in [3.63, 3.8) is 0 Å². The van der Waals surface area contributed by atoms with Crippen LogP contribution in [0.2, 0.25) is 0 Å². The van der Waals surface area contributed by atoms with Crippen LogP contribution in [0.15, 0.2) is 102 Å². The quantitative estimate of drug-likeness (QED) is 0.136. The summed E-state index contributed by atoms with van der Waals surface area (Å²) in [6.07, 6.45) is 1.54. The average Bonchev–Trinajstić information content (AvgIpc) is 3.02. The lowest BCUT2D eigenvalue weighted by Gasteiger charge is -2.14. The molecule has 0 radical (unpaired) electrons. The SMILES string of the molecule is COc1cccc(/C=C(/NC(=O)c2ccccc2)C(=O)Nc2cccc(SCC(=O)Nc3cccc(C)c3C)c2)c1OC. The number of hydrogen-bond acceptors (Lipinski definition) is 6. The summed E-state index contributed by atoms with van der Waals surface area (Å²) in [5.74, 6) is -0.0154. The van der Waals surface area contributed by atoms with Gasteiger partial charge in [0.05, 0.1) is 20.0 Å². The molecule has 9 heteroatoms. The van der Waals surface area contributed by atoms with Crippen LogP contribution in [-0.4, -0.2) is 37.7 Å². The van der Waals surface area contributed by atoms with Crippen LogP contribution >= 0.6 is 11.8 Å². The van der Waals surface area contributed by atoms with Crippen molar-refractivity contribution in [2.75, 3.05) is 30.6 Å². The number of anilines is 2. The van der Waals surface area contributed by atoms with Crippen LogP contribution in [0.3, 0.4) is 0 Å². The molecule has 3 N–H and O–H groups in total. The number of amides is 3. The molecule has 8 nitrogen and oxygen atoms in total.